The molecule has 0 fully saturated rings. The zero-order chi connectivity index (χ0) is 17.1. The van der Waals surface area contributed by atoms with Crippen LogP contribution in [0.2, 0.25) is 0 Å². The summed E-state index contributed by atoms with van der Waals surface area (Å²) in [5.74, 6) is -0.182. The molecule has 6 nitrogen and oxygen atoms in total. The highest BCUT2D eigenvalue weighted by Crippen LogP contribution is 2.29. The predicted molar refractivity (Wildman–Crippen MR) is 93.3 cm³/mol. The first-order valence-electron chi connectivity index (χ1n) is 7.79. The smallest absolute Gasteiger partial charge is 0.259 e. The molecule has 0 saturated carbocycles. The van der Waals surface area contributed by atoms with Gasteiger partial charge in [0.1, 0.15) is 0 Å². The number of hydrogen-bond acceptors (Lipinski definition) is 6. The van der Waals surface area contributed by atoms with Crippen LogP contribution in [0.1, 0.15) is 29.9 Å². The highest BCUT2D eigenvalue weighted by Gasteiger charge is 2.20. The second kappa shape index (κ2) is 7.11. The number of amides is 1. The van der Waals surface area contributed by atoms with E-state index in [1.165, 1.54) is 0 Å². The molecule has 0 aromatic carbocycles. The Morgan fingerprint density at radius 2 is 2.33 bits per heavy atom. The molecule has 3 aromatic rings. The summed E-state index contributed by atoms with van der Waals surface area (Å²) in [7, 11) is 0. The van der Waals surface area contributed by atoms with Crippen LogP contribution in [-0.4, -0.2) is 35.3 Å². The third kappa shape index (κ3) is 3.32. The number of aryl methyl sites for hydroxylation is 1. The lowest BCUT2D eigenvalue weighted by atomic mass is 10.1. The molecule has 0 aliphatic rings. The minimum atomic E-state index is -0.182. The summed E-state index contributed by atoms with van der Waals surface area (Å²) < 4.78 is 10.6. The number of pyridine rings is 1. The van der Waals surface area contributed by atoms with Gasteiger partial charge in [0.15, 0.2) is 0 Å². The lowest BCUT2D eigenvalue weighted by molar-refractivity contribution is 0.0873. The number of thiophene rings is 1. The molecule has 3 aromatic heterocycles. The normalized spacial score (nSPS) is 12.5. The Hall–Kier alpha value is -2.25. The average molecular weight is 345 g/mol. The van der Waals surface area contributed by atoms with Crippen LogP contribution in [0.3, 0.4) is 0 Å². The van der Waals surface area contributed by atoms with E-state index in [0.717, 1.165) is 4.88 Å². The molecule has 3 heterocycles. The molecular weight excluding hydrogens is 326 g/mol. The van der Waals surface area contributed by atoms with E-state index >= 15 is 0 Å². The predicted octanol–water partition coefficient (Wildman–Crippen LogP) is 3.41. The number of rotatable bonds is 6. The standard InChI is InChI=1S/C17H19N3O3S/c1-4-22-9-10(2)18-16(21)12-8-13(14-6-5-7-24-14)19-17-15(12)11(3)20-23-17/h5-8,10H,4,9H2,1-3H3,(H,18,21)/t10-/m0/s1. The Morgan fingerprint density at radius 1 is 1.50 bits per heavy atom. The van der Waals surface area contributed by atoms with Crippen LogP contribution in [-0.2, 0) is 4.74 Å². The van der Waals surface area contributed by atoms with Gasteiger partial charge in [0.25, 0.3) is 11.6 Å². The van der Waals surface area contributed by atoms with Crippen LogP contribution >= 0.6 is 11.3 Å². The van der Waals surface area contributed by atoms with Gasteiger partial charge in [-0.15, -0.1) is 11.3 Å². The van der Waals surface area contributed by atoms with Crippen molar-refractivity contribution in [3.63, 3.8) is 0 Å². The molecule has 1 N–H and O–H groups in total. The van der Waals surface area contributed by atoms with E-state index in [9.17, 15) is 4.79 Å². The van der Waals surface area contributed by atoms with Crippen molar-refractivity contribution in [2.75, 3.05) is 13.2 Å². The van der Waals surface area contributed by atoms with E-state index in [1.54, 1.807) is 24.3 Å². The maximum atomic E-state index is 12.7. The van der Waals surface area contributed by atoms with Crippen molar-refractivity contribution < 1.29 is 14.1 Å². The van der Waals surface area contributed by atoms with E-state index in [1.807, 2.05) is 31.4 Å². The van der Waals surface area contributed by atoms with Crippen molar-refractivity contribution in [3.8, 4) is 10.6 Å². The van der Waals surface area contributed by atoms with Gasteiger partial charge in [0.05, 0.1) is 33.8 Å². The summed E-state index contributed by atoms with van der Waals surface area (Å²) in [6.45, 7) is 6.73. The molecule has 7 heteroatoms. The first-order chi connectivity index (χ1) is 11.6. The number of carbonyl (C=O) groups is 1. The fourth-order valence-electron chi connectivity index (χ4n) is 2.46. The molecule has 126 valence electrons. The van der Waals surface area contributed by atoms with Gasteiger partial charge in [-0.05, 0) is 38.3 Å². The molecule has 0 radical (unpaired) electrons. The highest BCUT2D eigenvalue weighted by molar-refractivity contribution is 7.13. The minimum Gasteiger partial charge on any atom is -0.380 e. The van der Waals surface area contributed by atoms with Crippen LogP contribution < -0.4 is 5.32 Å². The molecule has 24 heavy (non-hydrogen) atoms. The lowest BCUT2D eigenvalue weighted by Crippen LogP contribution is -2.36. The van der Waals surface area contributed by atoms with Crippen molar-refractivity contribution in [3.05, 3.63) is 34.8 Å². The Kier molecular flexibility index (Phi) is 4.92. The molecule has 0 spiro atoms. The monoisotopic (exact) mass is 345 g/mol. The van der Waals surface area contributed by atoms with Crippen LogP contribution in [0.4, 0.5) is 0 Å². The zero-order valence-electron chi connectivity index (χ0n) is 13.8. The number of carbonyl (C=O) groups excluding carboxylic acids is 1. The van der Waals surface area contributed by atoms with Gasteiger partial charge >= 0.3 is 0 Å². The van der Waals surface area contributed by atoms with E-state index in [4.69, 9.17) is 9.26 Å². The number of hydrogen-bond donors (Lipinski definition) is 1. The minimum absolute atomic E-state index is 0.0916. The molecule has 1 amide bonds. The zero-order valence-corrected chi connectivity index (χ0v) is 14.6. The number of nitrogens with zero attached hydrogens (tertiary/aromatic N) is 2. The quantitative estimate of drug-likeness (QED) is 0.741. The van der Waals surface area contributed by atoms with Crippen LogP contribution in [0.5, 0.6) is 0 Å². The van der Waals surface area contributed by atoms with Crippen LogP contribution in [0.25, 0.3) is 21.7 Å². The second-order valence-electron chi connectivity index (χ2n) is 5.51. The summed E-state index contributed by atoms with van der Waals surface area (Å²) in [6, 6.07) is 5.61. The summed E-state index contributed by atoms with van der Waals surface area (Å²) in [5, 5.41) is 9.52. The Bertz CT molecular complexity index is 842. The SMILES string of the molecule is CCOC[C@H](C)NC(=O)c1cc(-c2cccs2)nc2onc(C)c12. The summed E-state index contributed by atoms with van der Waals surface area (Å²) in [6.07, 6.45) is 0. The molecule has 0 aliphatic heterocycles. The van der Waals surface area contributed by atoms with Crippen molar-refractivity contribution in [1.82, 2.24) is 15.5 Å². The van der Waals surface area contributed by atoms with Crippen LogP contribution in [0, 0.1) is 6.92 Å². The molecule has 0 saturated heterocycles. The third-order valence-electron chi connectivity index (χ3n) is 3.58. The maximum absolute atomic E-state index is 12.7. The summed E-state index contributed by atoms with van der Waals surface area (Å²) in [4.78, 5) is 18.2. The van der Waals surface area contributed by atoms with Gasteiger partial charge in [0, 0.05) is 12.6 Å². The van der Waals surface area contributed by atoms with Crippen molar-refractivity contribution in [2.24, 2.45) is 0 Å². The Morgan fingerprint density at radius 3 is 3.04 bits per heavy atom. The first-order valence-corrected chi connectivity index (χ1v) is 8.67. The van der Waals surface area contributed by atoms with E-state index in [0.29, 0.717) is 41.3 Å². The fraction of sp³-hybridized carbons (Fsp3) is 0.353. The van der Waals surface area contributed by atoms with Gasteiger partial charge < -0.3 is 14.6 Å². The van der Waals surface area contributed by atoms with E-state index in [-0.39, 0.29) is 11.9 Å². The van der Waals surface area contributed by atoms with E-state index in [2.05, 4.69) is 15.5 Å². The number of fused-ring (bicyclic) bond motifs is 1. The molecule has 3 rings (SSSR count). The van der Waals surface area contributed by atoms with Crippen molar-refractivity contribution >= 4 is 28.3 Å². The van der Waals surface area contributed by atoms with Gasteiger partial charge in [-0.25, -0.2) is 4.98 Å². The summed E-state index contributed by atoms with van der Waals surface area (Å²) >= 11 is 1.56. The number of ether oxygens (including phenoxy) is 1. The number of nitrogens with one attached hydrogen (secondary N) is 1. The molecule has 1 atom stereocenters. The van der Waals surface area contributed by atoms with Gasteiger partial charge in [-0.1, -0.05) is 11.2 Å². The maximum Gasteiger partial charge on any atom is 0.259 e. The lowest BCUT2D eigenvalue weighted by Gasteiger charge is -2.14. The van der Waals surface area contributed by atoms with Crippen molar-refractivity contribution in [1.29, 1.82) is 0 Å². The largest absolute Gasteiger partial charge is 0.380 e. The average Bonchev–Trinajstić information content (AvgIpc) is 3.22. The molecule has 0 unspecified atom stereocenters. The van der Waals surface area contributed by atoms with Gasteiger partial charge in [0.2, 0.25) is 0 Å². The number of aromatic nitrogens is 2. The summed E-state index contributed by atoms with van der Waals surface area (Å²) in [5.41, 5.74) is 2.25. The van der Waals surface area contributed by atoms with Crippen molar-refractivity contribution in [2.45, 2.75) is 26.8 Å². The Labute approximate surface area is 143 Å². The van der Waals surface area contributed by atoms with Gasteiger partial charge in [-0.3, -0.25) is 4.79 Å². The molecular formula is C17H19N3O3S. The fourth-order valence-corrected chi connectivity index (χ4v) is 3.15. The molecule has 0 bridgehead atoms. The highest BCUT2D eigenvalue weighted by atomic mass is 32.1. The Balaban J connectivity index is 1.98. The molecule has 0 aliphatic carbocycles. The first kappa shape index (κ1) is 16.6. The topological polar surface area (TPSA) is 77.2 Å². The van der Waals surface area contributed by atoms with E-state index < -0.39 is 0 Å². The van der Waals surface area contributed by atoms with Crippen LogP contribution in [0.15, 0.2) is 28.1 Å². The third-order valence-corrected chi connectivity index (χ3v) is 4.48. The van der Waals surface area contributed by atoms with Gasteiger partial charge in [-0.2, -0.15) is 0 Å². The second-order valence-corrected chi connectivity index (χ2v) is 6.46.